The predicted molar refractivity (Wildman–Crippen MR) is 131 cm³/mol. The molecule has 0 spiro atoms. The van der Waals surface area contributed by atoms with Gasteiger partial charge in [-0.2, -0.15) is 0 Å². The minimum atomic E-state index is -0.456. The van der Waals surface area contributed by atoms with E-state index < -0.39 is 5.97 Å². The SMILES string of the molecule is CCCOc1ccc(CCc2ccc3cc(C(C)NC)oc3c2)cc1.CCOC(=O)CC=O. The quantitative estimate of drug-likeness (QED) is 0.237. The number of ether oxygens (including phenoxy) is 2. The second kappa shape index (κ2) is 14.1. The molecule has 33 heavy (non-hydrogen) atoms. The Hall–Kier alpha value is -3.12. The number of rotatable bonds is 11. The number of aldehydes is 1. The van der Waals surface area contributed by atoms with Crippen molar-refractivity contribution in [2.75, 3.05) is 20.3 Å². The van der Waals surface area contributed by atoms with Crippen LogP contribution in [0.25, 0.3) is 11.0 Å². The third-order valence-electron chi connectivity index (χ3n) is 5.12. The number of nitrogens with one attached hydrogen (secondary N) is 1. The minimum absolute atomic E-state index is 0.131. The van der Waals surface area contributed by atoms with E-state index in [4.69, 9.17) is 9.15 Å². The molecule has 6 heteroatoms. The molecule has 1 heterocycles. The lowest BCUT2D eigenvalue weighted by molar-refractivity contribution is -0.143. The molecule has 178 valence electrons. The maximum atomic E-state index is 10.2. The number of esters is 1. The van der Waals surface area contributed by atoms with Crippen LogP contribution >= 0.6 is 0 Å². The van der Waals surface area contributed by atoms with Crippen LogP contribution in [0.4, 0.5) is 0 Å². The van der Waals surface area contributed by atoms with Gasteiger partial charge >= 0.3 is 5.97 Å². The molecule has 0 radical (unpaired) electrons. The Balaban J connectivity index is 0.000000414. The van der Waals surface area contributed by atoms with E-state index in [9.17, 15) is 9.59 Å². The first-order valence-corrected chi connectivity index (χ1v) is 11.5. The van der Waals surface area contributed by atoms with Crippen molar-refractivity contribution in [1.82, 2.24) is 5.32 Å². The molecule has 0 amide bonds. The lowest BCUT2D eigenvalue weighted by atomic mass is 10.0. The zero-order chi connectivity index (χ0) is 24.1. The molecule has 0 aliphatic carbocycles. The predicted octanol–water partition coefficient (Wildman–Crippen LogP) is 5.43. The molecule has 6 nitrogen and oxygen atoms in total. The lowest BCUT2D eigenvalue weighted by Crippen LogP contribution is -2.10. The summed E-state index contributed by atoms with van der Waals surface area (Å²) in [6, 6.07) is 17.3. The molecule has 0 saturated heterocycles. The van der Waals surface area contributed by atoms with Crippen molar-refractivity contribution < 1.29 is 23.5 Å². The van der Waals surface area contributed by atoms with Gasteiger partial charge in [0.2, 0.25) is 0 Å². The number of carbonyl (C=O) groups is 2. The Bertz CT molecular complexity index is 993. The first-order chi connectivity index (χ1) is 16.0. The second-order valence-electron chi connectivity index (χ2n) is 7.70. The highest BCUT2D eigenvalue weighted by molar-refractivity contribution is 5.83. The summed E-state index contributed by atoms with van der Waals surface area (Å²) in [4.78, 5) is 19.8. The molecule has 0 bridgehead atoms. The van der Waals surface area contributed by atoms with Crippen molar-refractivity contribution in [1.29, 1.82) is 0 Å². The summed E-state index contributed by atoms with van der Waals surface area (Å²) in [5, 5.41) is 4.38. The van der Waals surface area contributed by atoms with E-state index in [1.807, 2.05) is 7.05 Å². The molecule has 0 aliphatic rings. The molecule has 1 aromatic heterocycles. The molecule has 2 aromatic carbocycles. The van der Waals surface area contributed by atoms with Crippen molar-refractivity contribution in [3.63, 3.8) is 0 Å². The average Bonchev–Trinajstić information content (AvgIpc) is 3.26. The molecule has 1 N–H and O–H groups in total. The van der Waals surface area contributed by atoms with Gasteiger partial charge in [0.05, 0.1) is 19.3 Å². The maximum Gasteiger partial charge on any atom is 0.312 e. The van der Waals surface area contributed by atoms with Crippen molar-refractivity contribution in [3.8, 4) is 5.75 Å². The van der Waals surface area contributed by atoms with Crippen molar-refractivity contribution in [2.45, 2.75) is 52.5 Å². The Morgan fingerprint density at radius 1 is 1.06 bits per heavy atom. The fourth-order valence-electron chi connectivity index (χ4n) is 3.16. The fraction of sp³-hybridized carbons (Fsp3) is 0.407. The highest BCUT2D eigenvalue weighted by Gasteiger charge is 2.10. The normalized spacial score (nSPS) is 11.4. The Morgan fingerprint density at radius 3 is 2.39 bits per heavy atom. The van der Waals surface area contributed by atoms with E-state index in [2.05, 4.69) is 72.4 Å². The van der Waals surface area contributed by atoms with Crippen molar-refractivity contribution in [2.24, 2.45) is 0 Å². The molecular weight excluding hydrogens is 418 g/mol. The van der Waals surface area contributed by atoms with Crippen LogP contribution in [-0.2, 0) is 27.2 Å². The summed E-state index contributed by atoms with van der Waals surface area (Å²) in [6.07, 6.45) is 3.44. The van der Waals surface area contributed by atoms with Crippen molar-refractivity contribution in [3.05, 3.63) is 65.4 Å². The van der Waals surface area contributed by atoms with Crippen LogP contribution in [0.5, 0.6) is 5.75 Å². The van der Waals surface area contributed by atoms with Crippen LogP contribution < -0.4 is 10.1 Å². The highest BCUT2D eigenvalue weighted by Crippen LogP contribution is 2.25. The van der Waals surface area contributed by atoms with Gasteiger partial charge in [-0.25, -0.2) is 0 Å². The number of furan rings is 1. The van der Waals surface area contributed by atoms with Gasteiger partial charge in [-0.05, 0) is 75.5 Å². The van der Waals surface area contributed by atoms with Crippen LogP contribution in [0.15, 0.2) is 52.9 Å². The molecule has 0 aliphatic heterocycles. The summed E-state index contributed by atoms with van der Waals surface area (Å²) >= 11 is 0. The van der Waals surface area contributed by atoms with Gasteiger partial charge in [-0.3, -0.25) is 4.79 Å². The van der Waals surface area contributed by atoms with E-state index in [1.165, 1.54) is 16.5 Å². The first-order valence-electron chi connectivity index (χ1n) is 11.5. The van der Waals surface area contributed by atoms with E-state index in [-0.39, 0.29) is 12.5 Å². The zero-order valence-electron chi connectivity index (χ0n) is 20.1. The zero-order valence-corrected chi connectivity index (χ0v) is 20.1. The van der Waals surface area contributed by atoms with E-state index in [0.29, 0.717) is 12.9 Å². The third kappa shape index (κ3) is 8.73. The van der Waals surface area contributed by atoms with Crippen LogP contribution in [0, 0.1) is 0 Å². The first kappa shape index (κ1) is 26.1. The standard InChI is InChI=1S/C22H27NO2.C5H8O3/c1-4-13-24-20-11-8-17(9-12-20)5-6-18-7-10-19-15-21(16(2)23-3)25-22(19)14-18;1-2-8-5(7)3-4-6/h7-12,14-16,23H,4-6,13H2,1-3H3;4H,2-3H2,1H3. The minimum Gasteiger partial charge on any atom is -0.494 e. The summed E-state index contributed by atoms with van der Waals surface area (Å²) < 4.78 is 16.0. The number of benzene rings is 2. The lowest BCUT2D eigenvalue weighted by Gasteiger charge is -2.06. The smallest absolute Gasteiger partial charge is 0.312 e. The van der Waals surface area contributed by atoms with Crippen molar-refractivity contribution >= 4 is 23.2 Å². The van der Waals surface area contributed by atoms with Gasteiger partial charge in [-0.15, -0.1) is 0 Å². The summed E-state index contributed by atoms with van der Waals surface area (Å²) in [5.74, 6) is 1.48. The van der Waals surface area contributed by atoms with E-state index in [0.717, 1.165) is 43.0 Å². The van der Waals surface area contributed by atoms with Gasteiger partial charge in [0, 0.05) is 5.39 Å². The topological polar surface area (TPSA) is 77.8 Å². The van der Waals surface area contributed by atoms with Gasteiger partial charge in [0.25, 0.3) is 0 Å². The van der Waals surface area contributed by atoms with Gasteiger partial charge < -0.3 is 24.0 Å². The molecule has 3 rings (SSSR count). The molecular formula is C27H35NO5. The number of fused-ring (bicyclic) bond motifs is 1. The molecule has 0 fully saturated rings. The Kier molecular flexibility index (Phi) is 11.2. The second-order valence-corrected chi connectivity index (χ2v) is 7.70. The average molecular weight is 454 g/mol. The van der Waals surface area contributed by atoms with Gasteiger partial charge in [0.15, 0.2) is 0 Å². The van der Waals surface area contributed by atoms with Crippen LogP contribution in [0.2, 0.25) is 0 Å². The summed E-state index contributed by atoms with van der Waals surface area (Å²) in [7, 11) is 1.95. The van der Waals surface area contributed by atoms with Crippen LogP contribution in [0.1, 0.15) is 56.5 Å². The van der Waals surface area contributed by atoms with Gasteiger partial charge in [0.1, 0.15) is 29.8 Å². The number of aryl methyl sites for hydroxylation is 2. The largest absolute Gasteiger partial charge is 0.494 e. The van der Waals surface area contributed by atoms with Gasteiger partial charge in [-0.1, -0.05) is 31.2 Å². The summed E-state index contributed by atoms with van der Waals surface area (Å²) in [6.45, 7) is 7.03. The summed E-state index contributed by atoms with van der Waals surface area (Å²) in [5.41, 5.74) is 3.60. The Labute approximate surface area is 196 Å². The highest BCUT2D eigenvalue weighted by atomic mass is 16.5. The number of carbonyl (C=O) groups excluding carboxylic acids is 2. The van der Waals surface area contributed by atoms with Crippen LogP contribution in [0.3, 0.4) is 0 Å². The molecule has 1 atom stereocenters. The molecule has 0 saturated carbocycles. The Morgan fingerprint density at radius 2 is 1.76 bits per heavy atom. The van der Waals surface area contributed by atoms with E-state index in [1.54, 1.807) is 6.92 Å². The monoisotopic (exact) mass is 453 g/mol. The number of hydrogen-bond donors (Lipinski definition) is 1. The fourth-order valence-corrected chi connectivity index (χ4v) is 3.16. The molecule has 1 unspecified atom stereocenters. The van der Waals surface area contributed by atoms with Crippen LogP contribution in [-0.4, -0.2) is 32.5 Å². The maximum absolute atomic E-state index is 10.2. The number of hydrogen-bond acceptors (Lipinski definition) is 6. The molecule has 3 aromatic rings. The van der Waals surface area contributed by atoms with E-state index >= 15 is 0 Å². The third-order valence-corrected chi connectivity index (χ3v) is 5.12.